The number of non-ortho nitro benzene ring substituents is 2. The molecule has 14 heteroatoms. The number of aromatic hydroxyl groups is 2. The molecule has 0 fully saturated rings. The molecule has 6 rings (SSSR count). The smallest absolute Gasteiger partial charge is 0.269 e. The highest BCUT2D eigenvalue weighted by molar-refractivity contribution is 6.35. The molecule has 0 atom stereocenters. The molecular formula is C42H38N4O10. The number of nitro benzene ring substituents is 2. The van der Waals surface area contributed by atoms with E-state index in [2.05, 4.69) is 10.6 Å². The highest BCUT2D eigenvalue weighted by atomic mass is 16.6. The summed E-state index contributed by atoms with van der Waals surface area (Å²) in [5.74, 6) is -4.11. The van der Waals surface area contributed by atoms with Crippen molar-refractivity contribution >= 4 is 56.6 Å². The molecule has 14 nitrogen and oxygen atoms in total. The number of allylic oxidation sites excluding steroid dienone is 4. The third kappa shape index (κ3) is 6.50. The SMILES string of the molecule is Cc1cc2c(c(O)c1-c1c(C)cc3c(c1O)/C(=C/Nc1ccc([N+](=O)[O-])cc1)C(=O)C(O)=C3C(C)C)/C(=C/Nc1ccc([N+](=O)[O-])cc1)C(=O)C(O)=C2C(C)C. The predicted molar refractivity (Wildman–Crippen MR) is 213 cm³/mol. The van der Waals surface area contributed by atoms with E-state index in [1.807, 2.05) is 0 Å². The first kappa shape index (κ1) is 38.5. The molecule has 4 aromatic rings. The number of anilines is 2. The zero-order chi connectivity index (χ0) is 40.9. The predicted octanol–water partition coefficient (Wildman–Crippen LogP) is 9.12. The average Bonchev–Trinajstić information content (AvgIpc) is 3.13. The lowest BCUT2D eigenvalue weighted by molar-refractivity contribution is -0.385. The lowest BCUT2D eigenvalue weighted by atomic mass is 9.75. The number of phenols is 2. The van der Waals surface area contributed by atoms with Gasteiger partial charge < -0.3 is 31.1 Å². The highest BCUT2D eigenvalue weighted by Gasteiger charge is 2.38. The van der Waals surface area contributed by atoms with Crippen molar-refractivity contribution in [3.05, 3.63) is 138 Å². The van der Waals surface area contributed by atoms with E-state index < -0.39 is 44.4 Å². The van der Waals surface area contributed by atoms with Crippen LogP contribution < -0.4 is 10.6 Å². The number of nitro groups is 2. The summed E-state index contributed by atoms with van der Waals surface area (Å²) >= 11 is 0. The monoisotopic (exact) mass is 758 g/mol. The van der Waals surface area contributed by atoms with Gasteiger partial charge in [-0.1, -0.05) is 39.8 Å². The second-order valence-electron chi connectivity index (χ2n) is 14.2. The lowest BCUT2D eigenvalue weighted by Crippen LogP contribution is -2.20. The van der Waals surface area contributed by atoms with Crippen molar-refractivity contribution in [2.75, 3.05) is 10.6 Å². The van der Waals surface area contributed by atoms with Crippen LogP contribution in [0, 0.1) is 45.9 Å². The summed E-state index contributed by atoms with van der Waals surface area (Å²) in [6.07, 6.45) is 2.58. The summed E-state index contributed by atoms with van der Waals surface area (Å²) in [6.45, 7) is 10.5. The maximum atomic E-state index is 13.8. The summed E-state index contributed by atoms with van der Waals surface area (Å²) < 4.78 is 0. The van der Waals surface area contributed by atoms with Crippen molar-refractivity contribution in [2.24, 2.45) is 11.8 Å². The molecule has 4 aromatic carbocycles. The van der Waals surface area contributed by atoms with Gasteiger partial charge in [0.1, 0.15) is 11.5 Å². The number of aryl methyl sites for hydroxylation is 2. The van der Waals surface area contributed by atoms with Gasteiger partial charge in [0.15, 0.2) is 11.5 Å². The molecular weight excluding hydrogens is 720 g/mol. The number of nitrogens with one attached hydrogen (secondary N) is 2. The van der Waals surface area contributed by atoms with Gasteiger partial charge in [0.25, 0.3) is 11.4 Å². The van der Waals surface area contributed by atoms with E-state index in [1.54, 1.807) is 53.7 Å². The van der Waals surface area contributed by atoms with Crippen LogP contribution in [0.4, 0.5) is 22.7 Å². The largest absolute Gasteiger partial charge is 0.507 e. The maximum Gasteiger partial charge on any atom is 0.269 e. The Morgan fingerprint density at radius 3 is 1.18 bits per heavy atom. The van der Waals surface area contributed by atoms with Crippen LogP contribution in [0.1, 0.15) is 61.1 Å². The van der Waals surface area contributed by atoms with Crippen LogP contribution in [0.15, 0.2) is 84.6 Å². The third-order valence-corrected chi connectivity index (χ3v) is 9.87. The Morgan fingerprint density at radius 2 is 0.893 bits per heavy atom. The first-order chi connectivity index (χ1) is 26.4. The second kappa shape index (κ2) is 14.5. The Labute approximate surface area is 320 Å². The number of carbonyl (C=O) groups excluding carboxylic acids is 2. The Bertz CT molecular complexity index is 2330. The number of rotatable bonds is 9. The van der Waals surface area contributed by atoms with Crippen LogP contribution in [0.25, 0.3) is 33.4 Å². The number of phenolic OH excluding ortho intramolecular Hbond substituents is 2. The van der Waals surface area contributed by atoms with Crippen LogP contribution >= 0.6 is 0 Å². The topological polar surface area (TPSA) is 225 Å². The standard InChI is InChI=1S/C42H38N4O10/c1-19(2)31-27-15-21(5)33(39(49)35(27)29(37(47)41(31)51)17-43-23-7-11-25(12-8-23)45(53)54)34-22(6)16-28-32(20(3)4)42(52)38(48)30(36(28)40(34)50)18-44-24-9-13-26(14-10-24)46(55)56/h7-20,43-44,49-52H,1-6H3/b29-17-,30-18-. The summed E-state index contributed by atoms with van der Waals surface area (Å²) in [5, 5.41) is 75.2. The van der Waals surface area contributed by atoms with Crippen molar-refractivity contribution in [1.82, 2.24) is 0 Å². The Hall–Kier alpha value is -7.22. The number of ketones is 2. The van der Waals surface area contributed by atoms with Gasteiger partial charge in [-0.15, -0.1) is 0 Å². The molecule has 286 valence electrons. The molecule has 0 saturated carbocycles. The van der Waals surface area contributed by atoms with Gasteiger partial charge in [0.05, 0.1) is 21.0 Å². The minimum absolute atomic E-state index is 0.0649. The molecule has 0 saturated heterocycles. The number of aliphatic hydroxyl groups excluding tert-OH is 2. The number of nitrogens with zero attached hydrogens (tertiary/aromatic N) is 2. The molecule has 0 amide bonds. The molecule has 0 unspecified atom stereocenters. The van der Waals surface area contributed by atoms with Gasteiger partial charge in [-0.05, 0) is 72.2 Å². The fourth-order valence-corrected chi connectivity index (χ4v) is 7.30. The van der Waals surface area contributed by atoms with Crippen LogP contribution in [-0.2, 0) is 9.59 Å². The number of Topliss-reactive ketones (excluding diaryl/α,β-unsaturated/α-hetero) is 2. The molecule has 0 aliphatic heterocycles. The summed E-state index contributed by atoms with van der Waals surface area (Å²) in [5.41, 5.74) is 2.91. The van der Waals surface area contributed by atoms with Crippen molar-refractivity contribution in [1.29, 1.82) is 0 Å². The van der Waals surface area contributed by atoms with Gasteiger partial charge in [0.2, 0.25) is 11.6 Å². The average molecular weight is 759 g/mol. The zero-order valence-electron chi connectivity index (χ0n) is 31.2. The number of hydrogen-bond acceptors (Lipinski definition) is 12. The molecule has 0 aromatic heterocycles. The summed E-state index contributed by atoms with van der Waals surface area (Å²) in [4.78, 5) is 48.9. The number of carbonyl (C=O) groups is 2. The van der Waals surface area contributed by atoms with Crippen molar-refractivity contribution < 1.29 is 39.9 Å². The Balaban J connectivity index is 1.58. The maximum absolute atomic E-state index is 13.8. The fraction of sp³-hybridized carbons (Fsp3) is 0.190. The van der Waals surface area contributed by atoms with E-state index in [9.17, 15) is 50.2 Å². The van der Waals surface area contributed by atoms with E-state index in [0.29, 0.717) is 44.8 Å². The van der Waals surface area contributed by atoms with E-state index in [0.717, 1.165) is 0 Å². The van der Waals surface area contributed by atoms with Gasteiger partial charge >= 0.3 is 0 Å². The molecule has 0 radical (unpaired) electrons. The molecule has 0 bridgehead atoms. The van der Waals surface area contributed by atoms with Gasteiger partial charge in [0, 0.05) is 81.4 Å². The normalized spacial score (nSPS) is 15.5. The third-order valence-electron chi connectivity index (χ3n) is 9.87. The highest BCUT2D eigenvalue weighted by Crippen LogP contribution is 2.53. The molecule has 6 N–H and O–H groups in total. The molecule has 56 heavy (non-hydrogen) atoms. The zero-order valence-corrected chi connectivity index (χ0v) is 31.2. The van der Waals surface area contributed by atoms with Gasteiger partial charge in [-0.25, -0.2) is 0 Å². The lowest BCUT2D eigenvalue weighted by Gasteiger charge is -2.29. The Morgan fingerprint density at radius 1 is 0.571 bits per heavy atom. The molecule has 0 spiro atoms. The number of hydrogen-bond donors (Lipinski definition) is 6. The number of aliphatic hydroxyl groups is 2. The number of fused-ring (bicyclic) bond motifs is 2. The first-order valence-electron chi connectivity index (χ1n) is 17.6. The Kier molecular flexibility index (Phi) is 10.0. The van der Waals surface area contributed by atoms with Gasteiger partial charge in [-0.3, -0.25) is 29.8 Å². The van der Waals surface area contributed by atoms with Crippen LogP contribution in [-0.4, -0.2) is 41.8 Å². The summed E-state index contributed by atoms with van der Waals surface area (Å²) in [7, 11) is 0. The minimum atomic E-state index is -0.789. The molecule has 0 heterocycles. The van der Waals surface area contributed by atoms with Crippen molar-refractivity contribution in [3.63, 3.8) is 0 Å². The van der Waals surface area contributed by atoms with Crippen LogP contribution in [0.2, 0.25) is 0 Å². The number of benzene rings is 4. The van der Waals surface area contributed by atoms with Gasteiger partial charge in [-0.2, -0.15) is 0 Å². The van der Waals surface area contributed by atoms with E-state index in [1.165, 1.54) is 60.9 Å². The van der Waals surface area contributed by atoms with Crippen molar-refractivity contribution in [2.45, 2.75) is 41.5 Å². The molecule has 2 aliphatic carbocycles. The minimum Gasteiger partial charge on any atom is -0.507 e. The fourth-order valence-electron chi connectivity index (χ4n) is 7.30. The van der Waals surface area contributed by atoms with E-state index >= 15 is 0 Å². The van der Waals surface area contributed by atoms with Crippen LogP contribution in [0.3, 0.4) is 0 Å². The quantitative estimate of drug-likeness (QED) is 0.0534. The summed E-state index contributed by atoms with van der Waals surface area (Å²) in [6, 6.07) is 14.3. The second-order valence-corrected chi connectivity index (χ2v) is 14.2. The van der Waals surface area contributed by atoms with Crippen molar-refractivity contribution in [3.8, 4) is 22.6 Å². The van der Waals surface area contributed by atoms with E-state index in [-0.39, 0.29) is 56.6 Å². The molecule has 2 aliphatic rings. The first-order valence-corrected chi connectivity index (χ1v) is 17.6. The van der Waals surface area contributed by atoms with E-state index in [4.69, 9.17) is 0 Å². The van der Waals surface area contributed by atoms with Crippen LogP contribution in [0.5, 0.6) is 11.5 Å².